The van der Waals surface area contributed by atoms with Crippen LogP contribution in [0.4, 0.5) is 67.3 Å². The van der Waals surface area contributed by atoms with Crippen molar-refractivity contribution in [3.8, 4) is 34.5 Å². The monoisotopic (exact) mass is 2100 g/mol. The number of anilines is 6. The molecule has 0 bridgehead atoms. The van der Waals surface area contributed by atoms with E-state index in [1.54, 1.807) is 67.9 Å². The minimum absolute atomic E-state index is 0.0726. The van der Waals surface area contributed by atoms with Gasteiger partial charge in [-0.3, -0.25) is 28.8 Å². The standard InChI is InChI=1S/C19H21NO2S.C18H21NO2S.C17H18BrNO2S.C17H18ClNO2S.C17H18FNO2S.C17H18INO2S/c1-5-15-7-8-17(20-19(21)23-4)16(11-15)12-22-18-9-6-13(2)10-14(18)3;1-12-6-8-17(14(3)9-12)21-11-15-10-13(2)5-7-16(15)19-18(20)22-4;4*1-11-4-7-16(12(2)8-11)21-10-13-9-14(18)5-6-15(13)19-17(20)22-3/h5-11H,1,12H2,2-4H3,(H,20,21);5-10H,11H2,1-4H3,(H,19,20);4*4-9H,10H2,1-3H3,(H,19,20). The number of halogens is 4. The van der Waals surface area contributed by atoms with Gasteiger partial charge in [-0.2, -0.15) is 0 Å². The summed E-state index contributed by atoms with van der Waals surface area (Å²) in [6, 6.07) is 69.3. The van der Waals surface area contributed by atoms with E-state index in [4.69, 9.17) is 40.0 Å². The fourth-order valence-corrected chi connectivity index (χ4v) is 15.3. The number of hydrogen-bond donors (Lipinski definition) is 6. The molecule has 12 rings (SSSR count). The summed E-state index contributed by atoms with van der Waals surface area (Å²) in [5, 5.41) is 17.1. The van der Waals surface area contributed by atoms with Gasteiger partial charge >= 0.3 is 0 Å². The van der Waals surface area contributed by atoms with Crippen molar-refractivity contribution in [3.63, 3.8) is 0 Å². The molecule has 18 nitrogen and oxygen atoms in total. The van der Waals surface area contributed by atoms with Crippen molar-refractivity contribution in [2.24, 2.45) is 0 Å². The summed E-state index contributed by atoms with van der Waals surface area (Å²) in [5.41, 5.74) is 25.5. The van der Waals surface area contributed by atoms with Crippen molar-refractivity contribution in [1.82, 2.24) is 0 Å². The van der Waals surface area contributed by atoms with E-state index < -0.39 is 0 Å². The summed E-state index contributed by atoms with van der Waals surface area (Å²) in [4.78, 5) is 69.5. The van der Waals surface area contributed by atoms with Crippen LogP contribution in [0.25, 0.3) is 6.08 Å². The second-order valence-corrected chi connectivity index (χ2v) is 37.8. The molecule has 6 N–H and O–H groups in total. The summed E-state index contributed by atoms with van der Waals surface area (Å²) < 4.78 is 50.9. The van der Waals surface area contributed by atoms with Gasteiger partial charge in [0.15, 0.2) is 0 Å². The Hall–Kier alpha value is -10.5. The summed E-state index contributed by atoms with van der Waals surface area (Å²) in [7, 11) is 0. The third-order valence-corrected chi connectivity index (χ3v) is 23.9. The number of carbonyl (C=O) groups excluding carboxylic acids is 6. The molecule has 700 valence electrons. The zero-order chi connectivity index (χ0) is 97.4. The van der Waals surface area contributed by atoms with Gasteiger partial charge in [-0.25, -0.2) is 4.39 Å². The van der Waals surface area contributed by atoms with Gasteiger partial charge in [-0.15, -0.1) is 0 Å². The first kappa shape index (κ1) is 110. The normalized spacial score (nSPS) is 10.3. The van der Waals surface area contributed by atoms with E-state index >= 15 is 0 Å². The molecule has 12 aromatic carbocycles. The quantitative estimate of drug-likeness (QED) is 0.0292. The van der Waals surface area contributed by atoms with E-state index in [-0.39, 0.29) is 43.9 Å². The van der Waals surface area contributed by atoms with Crippen molar-refractivity contribution in [2.45, 2.75) is 130 Å². The fraction of sp³-hybridized carbons (Fsp3) is 0.238. The molecule has 0 saturated carbocycles. The lowest BCUT2D eigenvalue weighted by atomic mass is 10.1. The molecule has 0 aliphatic rings. The number of ether oxygens (including phenoxy) is 6. The van der Waals surface area contributed by atoms with Crippen LogP contribution in [-0.2, 0) is 39.6 Å². The highest BCUT2D eigenvalue weighted by molar-refractivity contribution is 14.1. The number of carbonyl (C=O) groups is 6. The second kappa shape index (κ2) is 56.7. The number of aryl methyl sites for hydroxylation is 13. The first-order chi connectivity index (χ1) is 63.5. The van der Waals surface area contributed by atoms with Crippen LogP contribution in [0.15, 0.2) is 229 Å². The van der Waals surface area contributed by atoms with Crippen molar-refractivity contribution in [1.29, 1.82) is 0 Å². The van der Waals surface area contributed by atoms with Gasteiger partial charge < -0.3 is 60.3 Å². The number of amides is 6. The number of rotatable bonds is 25. The van der Waals surface area contributed by atoms with Gasteiger partial charge in [0, 0.05) is 80.6 Å². The van der Waals surface area contributed by atoms with E-state index in [0.29, 0.717) is 55.0 Å². The zero-order valence-electron chi connectivity index (χ0n) is 78.2. The predicted octanol–water partition coefficient (Wildman–Crippen LogP) is 31.8. The van der Waals surface area contributed by atoms with E-state index in [1.165, 1.54) is 39.9 Å². The van der Waals surface area contributed by atoms with Crippen molar-refractivity contribution in [3.05, 3.63) is 355 Å². The van der Waals surface area contributed by atoms with E-state index in [9.17, 15) is 33.2 Å². The molecule has 0 fully saturated rings. The molecular formula is C105H114BrClFIN6O12S6. The van der Waals surface area contributed by atoms with Gasteiger partial charge in [0.25, 0.3) is 31.4 Å². The average molecular weight is 2110 g/mol. The highest BCUT2D eigenvalue weighted by Gasteiger charge is 2.18. The van der Waals surface area contributed by atoms with Crippen LogP contribution in [0.2, 0.25) is 5.02 Å². The summed E-state index contributed by atoms with van der Waals surface area (Å²) in [6.45, 7) is 32.4. The predicted molar refractivity (Wildman–Crippen MR) is 576 cm³/mol. The van der Waals surface area contributed by atoms with Gasteiger partial charge in [0.05, 0.1) is 0 Å². The summed E-state index contributed by atoms with van der Waals surface area (Å²) in [5.74, 6) is 4.65. The molecule has 0 spiro atoms. The summed E-state index contributed by atoms with van der Waals surface area (Å²) >= 11 is 18.6. The Morgan fingerprint density at radius 1 is 0.308 bits per heavy atom. The van der Waals surface area contributed by atoms with Crippen LogP contribution in [0, 0.1) is 99.4 Å². The molecule has 0 atom stereocenters. The molecule has 0 unspecified atom stereocenters. The van der Waals surface area contributed by atoms with Crippen molar-refractivity contribution < 1.29 is 61.6 Å². The third-order valence-electron chi connectivity index (χ3n) is 19.7. The highest BCUT2D eigenvalue weighted by Crippen LogP contribution is 2.34. The van der Waals surface area contributed by atoms with E-state index in [2.05, 4.69) is 135 Å². The molecule has 6 amide bonds. The Bertz CT molecular complexity index is 5340. The molecule has 0 aromatic heterocycles. The van der Waals surface area contributed by atoms with Gasteiger partial charge in [0.1, 0.15) is 80.0 Å². The lowest BCUT2D eigenvalue weighted by molar-refractivity contribution is 0.269. The molecule has 12 aromatic rings. The Morgan fingerprint density at radius 2 is 0.541 bits per heavy atom. The molecule has 0 saturated heterocycles. The number of thioether (sulfide) groups is 6. The Balaban J connectivity index is 0.000000218. The largest absolute Gasteiger partial charge is 0.489 e. The fourth-order valence-electron chi connectivity index (χ4n) is 12.8. The highest BCUT2D eigenvalue weighted by atomic mass is 127. The molecule has 0 aliphatic heterocycles. The number of benzene rings is 12. The topological polar surface area (TPSA) is 230 Å². The first-order valence-corrected chi connectivity index (χ1v) is 51.4. The van der Waals surface area contributed by atoms with Crippen LogP contribution in [0.1, 0.15) is 111 Å². The average Bonchev–Trinajstić information content (AvgIpc) is 0.859. The van der Waals surface area contributed by atoms with Crippen LogP contribution in [-0.4, -0.2) is 69.0 Å². The van der Waals surface area contributed by atoms with Gasteiger partial charge in [0.2, 0.25) is 0 Å². The lowest BCUT2D eigenvalue weighted by Gasteiger charge is -2.14. The maximum atomic E-state index is 13.5. The van der Waals surface area contributed by atoms with Gasteiger partial charge in [-0.1, -0.05) is 241 Å². The van der Waals surface area contributed by atoms with E-state index in [1.807, 2.05) is 214 Å². The number of nitrogens with one attached hydrogen (secondary N) is 6. The molecule has 0 heterocycles. The van der Waals surface area contributed by atoms with Crippen LogP contribution in [0.3, 0.4) is 0 Å². The zero-order valence-corrected chi connectivity index (χ0v) is 87.6. The van der Waals surface area contributed by atoms with Crippen LogP contribution >= 0.6 is 121 Å². The first-order valence-electron chi connectivity index (χ1n) is 41.8. The SMILES string of the molecule is C=Cc1ccc(NC(=O)SC)c(COc2ccc(C)cc2C)c1.CSC(=O)Nc1ccc(Br)cc1COc1ccc(C)cc1C.CSC(=O)Nc1ccc(C)cc1COc1ccc(C)cc1C.CSC(=O)Nc1ccc(Cl)cc1COc1ccc(C)cc1C.CSC(=O)Nc1ccc(F)cc1COc1ccc(C)cc1C.CSC(=O)Nc1ccc(I)cc1COc1ccc(C)cc1C. The van der Waals surface area contributed by atoms with Crippen LogP contribution < -0.4 is 60.3 Å². The van der Waals surface area contributed by atoms with Crippen molar-refractivity contribution in [2.75, 3.05) is 69.4 Å². The Morgan fingerprint density at radius 3 is 0.842 bits per heavy atom. The molecule has 133 heavy (non-hydrogen) atoms. The molecular weight excluding hydrogens is 1990 g/mol. The van der Waals surface area contributed by atoms with Crippen molar-refractivity contribution >= 4 is 192 Å². The van der Waals surface area contributed by atoms with Crippen LogP contribution in [0.5, 0.6) is 34.5 Å². The second-order valence-electron chi connectivity index (χ2n) is 30.5. The molecule has 28 heteroatoms. The minimum atomic E-state index is -0.360. The van der Waals surface area contributed by atoms with Gasteiger partial charge in [-0.05, 0) is 316 Å². The van der Waals surface area contributed by atoms with E-state index in [0.717, 1.165) is 214 Å². The summed E-state index contributed by atoms with van der Waals surface area (Å²) in [6.07, 6.45) is 12.2. The molecule has 0 aliphatic carbocycles. The Kier molecular flexibility index (Phi) is 46.7. The maximum Gasteiger partial charge on any atom is 0.283 e. The third kappa shape index (κ3) is 38.1. The number of hydrogen-bond acceptors (Lipinski definition) is 18. The minimum Gasteiger partial charge on any atom is -0.489 e. The smallest absolute Gasteiger partial charge is 0.283 e. The Labute approximate surface area is 835 Å². The molecule has 0 radical (unpaired) electrons. The maximum absolute atomic E-state index is 13.5. The lowest BCUT2D eigenvalue weighted by Crippen LogP contribution is -2.08.